The number of hydrogen-bond donors (Lipinski definition) is 0. The van der Waals surface area contributed by atoms with Gasteiger partial charge in [0.1, 0.15) is 6.07 Å². The van der Waals surface area contributed by atoms with Crippen LogP contribution in [0.15, 0.2) is 146 Å². The monoisotopic (exact) mass is 640 g/mol. The first-order valence-electron chi connectivity index (χ1n) is 15.9. The molecular weight excluding hydrogens is 617 g/mol. The van der Waals surface area contributed by atoms with Gasteiger partial charge in [-0.05, 0) is 103 Å². The van der Waals surface area contributed by atoms with Crippen LogP contribution < -0.4 is 0 Å². The zero-order valence-electron chi connectivity index (χ0n) is 26.1. The maximum atomic E-state index is 9.54. The Kier molecular flexibility index (Phi) is 6.73. The number of aromatic nitrogens is 2. The Balaban J connectivity index is 1.38. The molecule has 3 aromatic heterocycles. The highest BCUT2D eigenvalue weighted by Gasteiger charge is 2.20. The molecule has 5 heteroatoms. The Bertz CT molecular complexity index is 2870. The van der Waals surface area contributed by atoms with E-state index in [1.54, 1.807) is 12.4 Å². The lowest BCUT2D eigenvalue weighted by atomic mass is 9.84. The number of fused-ring (bicyclic) bond motifs is 5. The van der Waals surface area contributed by atoms with Crippen molar-refractivity contribution in [2.75, 3.05) is 0 Å². The van der Waals surface area contributed by atoms with Crippen LogP contribution in [0.2, 0.25) is 0 Å². The highest BCUT2D eigenvalue weighted by Crippen LogP contribution is 2.48. The fourth-order valence-electron chi connectivity index (χ4n) is 7.03. The van der Waals surface area contributed by atoms with Crippen LogP contribution in [0.3, 0.4) is 0 Å². The molecule has 0 saturated carbocycles. The minimum Gasteiger partial charge on any atom is -0.276 e. The van der Waals surface area contributed by atoms with Gasteiger partial charge in [-0.25, -0.2) is 4.85 Å². The highest BCUT2D eigenvalue weighted by molar-refractivity contribution is 7.25. The fraction of sp³-hybridized carbons (Fsp3) is 0. The van der Waals surface area contributed by atoms with Crippen molar-refractivity contribution in [3.63, 3.8) is 0 Å². The molecule has 49 heavy (non-hydrogen) atoms. The molecule has 0 aliphatic rings. The number of nitrogens with zero attached hydrogens (tertiary/aromatic N) is 4. The van der Waals surface area contributed by atoms with Gasteiger partial charge in [0.2, 0.25) is 5.69 Å². The van der Waals surface area contributed by atoms with E-state index in [9.17, 15) is 5.26 Å². The molecule has 0 fully saturated rings. The van der Waals surface area contributed by atoms with Crippen molar-refractivity contribution in [2.45, 2.75) is 0 Å². The zero-order valence-corrected chi connectivity index (χ0v) is 26.9. The van der Waals surface area contributed by atoms with Gasteiger partial charge in [0.05, 0.1) is 12.1 Å². The van der Waals surface area contributed by atoms with Crippen LogP contribution in [-0.4, -0.2) is 9.97 Å². The van der Waals surface area contributed by atoms with E-state index in [2.05, 4.69) is 130 Å². The zero-order chi connectivity index (χ0) is 32.9. The smallest absolute Gasteiger partial charge is 0.205 e. The average molecular weight is 641 g/mol. The van der Waals surface area contributed by atoms with Gasteiger partial charge in [0.25, 0.3) is 0 Å². The molecule has 226 valence electrons. The third-order valence-corrected chi connectivity index (χ3v) is 10.3. The summed E-state index contributed by atoms with van der Waals surface area (Å²) in [6.45, 7) is 7.51. The summed E-state index contributed by atoms with van der Waals surface area (Å²) in [5.41, 5.74) is 9.45. The van der Waals surface area contributed by atoms with E-state index < -0.39 is 0 Å². The third kappa shape index (κ3) is 4.81. The predicted molar refractivity (Wildman–Crippen MR) is 203 cm³/mol. The van der Waals surface area contributed by atoms with Crippen molar-refractivity contribution in [3.8, 4) is 50.6 Å². The molecule has 4 nitrogen and oxygen atoms in total. The maximum Gasteiger partial charge on any atom is 0.205 e. The Morgan fingerprint density at radius 2 is 1.08 bits per heavy atom. The SMILES string of the molecule is [C-]#[N+]c1cncc(-c2cccc(-c3c4ccccc4c(-c4cccc(-c5cncc(C#N)c5)c4)c4cc5sc6ccccc6c5cc34)c2)c1. The first kappa shape index (κ1) is 28.6. The second-order valence-electron chi connectivity index (χ2n) is 12.1. The van der Waals surface area contributed by atoms with Crippen molar-refractivity contribution in [3.05, 3.63) is 163 Å². The molecule has 0 radical (unpaired) electrons. The summed E-state index contributed by atoms with van der Waals surface area (Å²) in [5.74, 6) is 0. The van der Waals surface area contributed by atoms with Crippen molar-refractivity contribution in [2.24, 2.45) is 0 Å². The van der Waals surface area contributed by atoms with Crippen LogP contribution in [0.5, 0.6) is 0 Å². The summed E-state index contributed by atoms with van der Waals surface area (Å²) in [6.07, 6.45) is 6.83. The summed E-state index contributed by atoms with van der Waals surface area (Å²) in [7, 11) is 0. The number of hydrogen-bond acceptors (Lipinski definition) is 4. The molecule has 6 aromatic carbocycles. The van der Waals surface area contributed by atoms with E-state index in [-0.39, 0.29) is 0 Å². The number of pyridine rings is 2. The summed E-state index contributed by atoms with van der Waals surface area (Å²) in [6, 6.07) is 45.2. The molecule has 0 N–H and O–H groups in total. The molecule has 0 atom stereocenters. The Morgan fingerprint density at radius 1 is 0.490 bits per heavy atom. The summed E-state index contributed by atoms with van der Waals surface area (Å²) < 4.78 is 2.51. The van der Waals surface area contributed by atoms with Crippen molar-refractivity contribution >= 4 is 58.7 Å². The fourth-order valence-corrected chi connectivity index (χ4v) is 8.16. The molecule has 9 aromatic rings. The van der Waals surface area contributed by atoms with Gasteiger partial charge in [0, 0.05) is 50.5 Å². The van der Waals surface area contributed by atoms with Gasteiger partial charge in [-0.1, -0.05) is 78.9 Å². The van der Waals surface area contributed by atoms with E-state index in [0.717, 1.165) is 44.2 Å². The first-order chi connectivity index (χ1) is 24.2. The second-order valence-corrected chi connectivity index (χ2v) is 13.2. The van der Waals surface area contributed by atoms with Gasteiger partial charge in [-0.2, -0.15) is 5.26 Å². The summed E-state index contributed by atoms with van der Waals surface area (Å²) >= 11 is 1.82. The predicted octanol–water partition coefficient (Wildman–Crippen LogP) is 12.2. The molecule has 0 spiro atoms. The van der Waals surface area contributed by atoms with Crippen LogP contribution in [0, 0.1) is 17.9 Å². The molecule has 0 unspecified atom stereocenters. The highest BCUT2D eigenvalue weighted by atomic mass is 32.1. The standard InChI is InChI=1S/C44H24N4S/c1-46-34-19-33(25-48-26-34)29-9-7-10-30(18-29)43-36-13-2-3-14-37(36)44(31-11-6-8-28(17-31)32-16-27(22-45)23-47-24-32)40-21-42-38(20-39(40)43)35-12-4-5-15-41(35)49-42/h2-21,23-26H. The molecule has 0 aliphatic heterocycles. The minimum absolute atomic E-state index is 0.521. The first-order valence-corrected chi connectivity index (χ1v) is 16.7. The lowest BCUT2D eigenvalue weighted by molar-refractivity contribution is 1.30. The topological polar surface area (TPSA) is 53.9 Å². The third-order valence-electron chi connectivity index (χ3n) is 9.21. The van der Waals surface area contributed by atoms with Gasteiger partial charge in [-0.3, -0.25) is 9.97 Å². The van der Waals surface area contributed by atoms with Gasteiger partial charge in [0.15, 0.2) is 0 Å². The van der Waals surface area contributed by atoms with Crippen molar-refractivity contribution in [1.29, 1.82) is 5.26 Å². The molecule has 3 heterocycles. The van der Waals surface area contributed by atoms with Crippen molar-refractivity contribution < 1.29 is 0 Å². The molecule has 0 amide bonds. The van der Waals surface area contributed by atoms with E-state index in [4.69, 9.17) is 6.57 Å². The van der Waals surface area contributed by atoms with Crippen LogP contribution in [0.25, 0.3) is 91.1 Å². The van der Waals surface area contributed by atoms with E-state index in [1.165, 1.54) is 42.1 Å². The normalized spacial score (nSPS) is 11.2. The van der Waals surface area contributed by atoms with Crippen LogP contribution >= 0.6 is 11.3 Å². The summed E-state index contributed by atoms with van der Waals surface area (Å²) in [4.78, 5) is 12.3. The lowest BCUT2D eigenvalue weighted by Gasteiger charge is -2.19. The Labute approximate surface area is 286 Å². The van der Waals surface area contributed by atoms with Gasteiger partial charge >= 0.3 is 0 Å². The van der Waals surface area contributed by atoms with E-state index in [0.29, 0.717) is 11.3 Å². The number of rotatable bonds is 4. The lowest BCUT2D eigenvalue weighted by Crippen LogP contribution is -1.92. The molecule has 9 rings (SSSR count). The van der Waals surface area contributed by atoms with Crippen molar-refractivity contribution in [1.82, 2.24) is 9.97 Å². The minimum atomic E-state index is 0.521. The number of thiophene rings is 1. The Hall–Kier alpha value is -6.66. The molecule has 0 bridgehead atoms. The summed E-state index contributed by atoms with van der Waals surface area (Å²) in [5, 5.41) is 16.7. The Morgan fingerprint density at radius 3 is 1.76 bits per heavy atom. The van der Waals surface area contributed by atoms with Crippen LogP contribution in [-0.2, 0) is 0 Å². The number of nitriles is 1. The molecule has 0 aliphatic carbocycles. The molecular formula is C44H24N4S. The van der Waals surface area contributed by atoms with Gasteiger partial charge < -0.3 is 0 Å². The number of benzene rings is 6. The largest absolute Gasteiger partial charge is 0.276 e. The molecule has 0 saturated heterocycles. The quantitative estimate of drug-likeness (QED) is 0.142. The van der Waals surface area contributed by atoms with E-state index in [1.807, 2.05) is 35.9 Å². The average Bonchev–Trinajstić information content (AvgIpc) is 3.53. The van der Waals surface area contributed by atoms with E-state index >= 15 is 0 Å². The maximum absolute atomic E-state index is 9.54. The van der Waals surface area contributed by atoms with Crippen LogP contribution in [0.1, 0.15) is 5.56 Å². The van der Waals surface area contributed by atoms with Crippen LogP contribution in [0.4, 0.5) is 5.69 Å². The van der Waals surface area contributed by atoms with Gasteiger partial charge in [-0.15, -0.1) is 11.3 Å². The second kappa shape index (κ2) is 11.5.